The number of thiophene rings is 1. The summed E-state index contributed by atoms with van der Waals surface area (Å²) in [6.07, 6.45) is 6.78. The van der Waals surface area contributed by atoms with E-state index in [9.17, 15) is 19.5 Å². The summed E-state index contributed by atoms with van der Waals surface area (Å²) in [5.41, 5.74) is 3.26. The molecular weight excluding hydrogens is 502 g/mol. The fraction of sp³-hybridized carbons (Fsp3) is 0.269. The topological polar surface area (TPSA) is 99.2 Å². The molecule has 2 aliphatic heterocycles. The van der Waals surface area contributed by atoms with Crippen LogP contribution in [0, 0.1) is 5.92 Å². The first-order valence-corrected chi connectivity index (χ1v) is 12.8. The van der Waals surface area contributed by atoms with E-state index in [1.165, 1.54) is 0 Å². The fourth-order valence-electron chi connectivity index (χ4n) is 4.62. The summed E-state index contributed by atoms with van der Waals surface area (Å²) in [5.74, 6) is -0.664. The Morgan fingerprint density at radius 1 is 1.25 bits per heavy atom. The molecule has 0 saturated carbocycles. The van der Waals surface area contributed by atoms with E-state index in [-0.39, 0.29) is 24.3 Å². The van der Waals surface area contributed by atoms with Crippen LogP contribution in [0.1, 0.15) is 24.8 Å². The highest BCUT2D eigenvalue weighted by Gasteiger charge is 2.33. The number of aliphatic hydroxyl groups excluding tert-OH is 1. The Morgan fingerprint density at radius 2 is 2.11 bits per heavy atom. The SMILES string of the molecule is O=C(NC1=C2C(=O)N(Cc3cccc(N4CCCC(CO)C4=O)c3)C=C2CC=C1)Oc1ccc(Cl)s1. The molecule has 8 nitrogen and oxygen atoms in total. The number of hydrogen-bond acceptors (Lipinski definition) is 6. The summed E-state index contributed by atoms with van der Waals surface area (Å²) in [7, 11) is 0. The highest BCUT2D eigenvalue weighted by Crippen LogP contribution is 2.33. The van der Waals surface area contributed by atoms with Crippen LogP contribution in [0.5, 0.6) is 5.06 Å². The van der Waals surface area contributed by atoms with Gasteiger partial charge in [0.25, 0.3) is 5.91 Å². The maximum absolute atomic E-state index is 13.3. The molecule has 3 heterocycles. The number of fused-ring (bicyclic) bond motifs is 1. The van der Waals surface area contributed by atoms with Gasteiger partial charge in [-0.05, 0) is 60.7 Å². The summed E-state index contributed by atoms with van der Waals surface area (Å²) in [6.45, 7) is 0.766. The van der Waals surface area contributed by atoms with E-state index in [1.807, 2.05) is 30.3 Å². The molecule has 5 rings (SSSR count). The molecule has 1 saturated heterocycles. The Morgan fingerprint density at radius 3 is 2.89 bits per heavy atom. The first kappa shape index (κ1) is 24.3. The molecule has 1 aromatic heterocycles. The summed E-state index contributed by atoms with van der Waals surface area (Å²) in [4.78, 5) is 41.7. The molecule has 186 valence electrons. The average Bonchev–Trinajstić information content (AvgIpc) is 3.42. The van der Waals surface area contributed by atoms with Crippen molar-refractivity contribution in [1.82, 2.24) is 10.2 Å². The second-order valence-electron chi connectivity index (χ2n) is 8.74. The maximum atomic E-state index is 13.3. The van der Waals surface area contributed by atoms with E-state index in [1.54, 1.807) is 34.2 Å². The van der Waals surface area contributed by atoms with Gasteiger partial charge in [0.05, 0.1) is 34.7 Å². The Hall–Kier alpha value is -3.40. The summed E-state index contributed by atoms with van der Waals surface area (Å²) >= 11 is 7.02. The molecule has 2 N–H and O–H groups in total. The highest BCUT2D eigenvalue weighted by atomic mass is 35.5. The number of halogens is 1. The number of aliphatic hydroxyl groups is 1. The number of ether oxygens (including phenoxy) is 1. The average molecular weight is 526 g/mol. The van der Waals surface area contributed by atoms with Gasteiger partial charge in [0.15, 0.2) is 5.06 Å². The van der Waals surface area contributed by atoms with Gasteiger partial charge in [0.1, 0.15) is 0 Å². The van der Waals surface area contributed by atoms with Crippen molar-refractivity contribution in [3.05, 3.63) is 81.5 Å². The van der Waals surface area contributed by atoms with E-state index in [2.05, 4.69) is 5.32 Å². The summed E-state index contributed by atoms with van der Waals surface area (Å²) in [6, 6.07) is 10.8. The van der Waals surface area contributed by atoms with Crippen molar-refractivity contribution in [3.63, 3.8) is 0 Å². The van der Waals surface area contributed by atoms with Gasteiger partial charge in [0, 0.05) is 18.4 Å². The molecule has 1 atom stereocenters. The van der Waals surface area contributed by atoms with Gasteiger partial charge in [-0.25, -0.2) is 4.79 Å². The van der Waals surface area contributed by atoms with E-state index < -0.39 is 6.09 Å². The minimum absolute atomic E-state index is 0.0741. The van der Waals surface area contributed by atoms with Gasteiger partial charge in [-0.1, -0.05) is 41.1 Å². The zero-order chi connectivity index (χ0) is 25.2. The van der Waals surface area contributed by atoms with Crippen molar-refractivity contribution in [2.45, 2.75) is 25.8 Å². The van der Waals surface area contributed by atoms with Crippen LogP contribution in [0.15, 0.2) is 71.6 Å². The number of carbonyl (C=O) groups is 3. The third-order valence-corrected chi connectivity index (χ3v) is 7.43. The van der Waals surface area contributed by atoms with Crippen LogP contribution in [0.25, 0.3) is 0 Å². The quantitative estimate of drug-likeness (QED) is 0.583. The molecular formula is C26H24ClN3O5S. The molecule has 2 aromatic rings. The van der Waals surface area contributed by atoms with Crippen LogP contribution in [0.3, 0.4) is 0 Å². The third-order valence-electron chi connectivity index (χ3n) is 6.32. The Balaban J connectivity index is 1.30. The number of allylic oxidation sites excluding steroid dienone is 2. The predicted molar refractivity (Wildman–Crippen MR) is 137 cm³/mol. The molecule has 0 radical (unpaired) electrons. The number of anilines is 1. The van der Waals surface area contributed by atoms with E-state index in [0.717, 1.165) is 34.6 Å². The first-order valence-electron chi connectivity index (χ1n) is 11.6. The number of nitrogens with one attached hydrogen (secondary N) is 1. The highest BCUT2D eigenvalue weighted by molar-refractivity contribution is 7.17. The molecule has 1 fully saturated rings. The van der Waals surface area contributed by atoms with Crippen LogP contribution in [0.2, 0.25) is 4.34 Å². The molecule has 10 heteroatoms. The Labute approximate surface area is 217 Å². The maximum Gasteiger partial charge on any atom is 0.417 e. The van der Waals surface area contributed by atoms with E-state index in [0.29, 0.717) is 46.6 Å². The van der Waals surface area contributed by atoms with Crippen LogP contribution < -0.4 is 15.0 Å². The minimum Gasteiger partial charge on any atom is -0.399 e. The number of carbonyl (C=O) groups excluding carboxylic acids is 3. The number of hydrogen-bond donors (Lipinski definition) is 2. The lowest BCUT2D eigenvalue weighted by atomic mass is 9.97. The van der Waals surface area contributed by atoms with E-state index in [4.69, 9.17) is 16.3 Å². The number of benzene rings is 1. The monoisotopic (exact) mass is 525 g/mol. The Bertz CT molecular complexity index is 1310. The fourth-order valence-corrected chi connectivity index (χ4v) is 5.49. The van der Waals surface area contributed by atoms with Crippen molar-refractivity contribution in [1.29, 1.82) is 0 Å². The Kier molecular flexibility index (Phi) is 6.95. The van der Waals surface area contributed by atoms with Gasteiger partial charge in [-0.2, -0.15) is 0 Å². The van der Waals surface area contributed by atoms with Crippen LogP contribution in [-0.4, -0.2) is 41.1 Å². The zero-order valence-corrected chi connectivity index (χ0v) is 20.8. The third kappa shape index (κ3) is 4.95. The van der Waals surface area contributed by atoms with Crippen molar-refractivity contribution >= 4 is 46.5 Å². The number of nitrogens with zero attached hydrogens (tertiary/aromatic N) is 2. The summed E-state index contributed by atoms with van der Waals surface area (Å²) < 4.78 is 5.77. The van der Waals surface area contributed by atoms with Crippen LogP contribution in [-0.2, 0) is 16.1 Å². The van der Waals surface area contributed by atoms with E-state index >= 15 is 0 Å². The smallest absolute Gasteiger partial charge is 0.399 e. The molecule has 1 aromatic carbocycles. The predicted octanol–water partition coefficient (Wildman–Crippen LogP) is 4.37. The lowest BCUT2D eigenvalue weighted by Gasteiger charge is -2.31. The van der Waals surface area contributed by atoms with Crippen molar-refractivity contribution in [2.24, 2.45) is 5.92 Å². The molecule has 1 unspecified atom stereocenters. The van der Waals surface area contributed by atoms with Crippen molar-refractivity contribution in [2.75, 3.05) is 18.1 Å². The molecule has 1 aliphatic carbocycles. The van der Waals surface area contributed by atoms with Crippen LogP contribution >= 0.6 is 22.9 Å². The minimum atomic E-state index is -0.701. The molecule has 3 aliphatic rings. The largest absolute Gasteiger partial charge is 0.417 e. The van der Waals surface area contributed by atoms with Crippen molar-refractivity contribution < 1.29 is 24.2 Å². The molecule has 0 spiro atoms. The normalized spacial score (nSPS) is 19.5. The lowest BCUT2D eigenvalue weighted by molar-refractivity contribution is -0.125. The van der Waals surface area contributed by atoms with Gasteiger partial charge in [0.2, 0.25) is 5.91 Å². The summed E-state index contributed by atoms with van der Waals surface area (Å²) in [5, 5.41) is 12.5. The van der Waals surface area contributed by atoms with Gasteiger partial charge in [-0.15, -0.1) is 0 Å². The lowest BCUT2D eigenvalue weighted by Crippen LogP contribution is -2.42. The number of rotatable bonds is 6. The standard InChI is InChI=1S/C26H24ClN3O5S/c27-21-9-10-22(36-21)35-26(34)28-20-8-2-5-17-14-29(25(33)23(17)20)13-16-4-1-7-19(12-16)30-11-3-6-18(15-31)24(30)32/h1-2,4,7-10,12,14,18,31H,3,5-6,11,13,15H2,(H,28,34). The zero-order valence-electron chi connectivity index (χ0n) is 19.3. The second-order valence-corrected chi connectivity index (χ2v) is 10.4. The van der Waals surface area contributed by atoms with Gasteiger partial charge >= 0.3 is 6.09 Å². The first-order chi connectivity index (χ1) is 17.4. The van der Waals surface area contributed by atoms with Gasteiger partial charge in [-0.3, -0.25) is 14.9 Å². The number of piperidine rings is 1. The van der Waals surface area contributed by atoms with Gasteiger partial charge < -0.3 is 19.6 Å². The molecule has 3 amide bonds. The molecule has 36 heavy (non-hydrogen) atoms. The second kappa shape index (κ2) is 10.3. The van der Waals surface area contributed by atoms with Crippen LogP contribution in [0.4, 0.5) is 10.5 Å². The van der Waals surface area contributed by atoms with Crippen molar-refractivity contribution in [3.8, 4) is 5.06 Å². The molecule has 0 bridgehead atoms. The number of amides is 3.